The number of hydrogen-bond acceptors (Lipinski definition) is 4. The van der Waals surface area contributed by atoms with Gasteiger partial charge in [-0.05, 0) is 39.0 Å². The lowest BCUT2D eigenvalue weighted by molar-refractivity contribution is -0.121. The molecule has 122 valence electrons. The fourth-order valence-corrected chi connectivity index (χ4v) is 2.68. The predicted molar refractivity (Wildman–Crippen MR) is 86.2 cm³/mol. The summed E-state index contributed by atoms with van der Waals surface area (Å²) in [6.45, 7) is 8.12. The van der Waals surface area contributed by atoms with E-state index in [1.54, 1.807) is 6.92 Å². The molecule has 0 fully saturated rings. The van der Waals surface area contributed by atoms with Gasteiger partial charge in [0.15, 0.2) is 0 Å². The fraction of sp³-hybridized carbons (Fsp3) is 0.556. The highest BCUT2D eigenvalue weighted by atomic mass is 16.5. The zero-order valence-corrected chi connectivity index (χ0v) is 14.4. The molecule has 0 aliphatic heterocycles. The number of hydrogen-bond donors (Lipinski definition) is 0. The number of allylic oxidation sites excluding steroid dienone is 4. The standard InChI is InChI=1S/C18H26O4/c1-11(2)10-12(3)8-7-9-14-13(4)15(19)17(21-5)18(22-6)16(14)20/h8,11H,7,9-10H2,1-6H3/b12-8+. The van der Waals surface area contributed by atoms with E-state index < -0.39 is 0 Å². The summed E-state index contributed by atoms with van der Waals surface area (Å²) in [7, 11) is 2.75. The number of rotatable bonds is 7. The van der Waals surface area contributed by atoms with E-state index in [2.05, 4.69) is 26.8 Å². The smallest absolute Gasteiger partial charge is 0.228 e. The van der Waals surface area contributed by atoms with Crippen LogP contribution in [0.15, 0.2) is 34.3 Å². The highest BCUT2D eigenvalue weighted by molar-refractivity contribution is 6.23. The zero-order chi connectivity index (χ0) is 16.9. The highest BCUT2D eigenvalue weighted by Crippen LogP contribution is 2.28. The number of Topliss-reactive ketones (excluding diaryl/α,β-unsaturated/α-hetero) is 2. The van der Waals surface area contributed by atoms with Gasteiger partial charge in [-0.1, -0.05) is 25.5 Å². The molecule has 0 amide bonds. The van der Waals surface area contributed by atoms with E-state index in [0.29, 0.717) is 23.5 Å². The van der Waals surface area contributed by atoms with Crippen LogP contribution in [0.2, 0.25) is 0 Å². The van der Waals surface area contributed by atoms with Gasteiger partial charge in [-0.15, -0.1) is 0 Å². The van der Waals surface area contributed by atoms with Crippen LogP contribution in [0.4, 0.5) is 0 Å². The Morgan fingerprint density at radius 3 is 2.14 bits per heavy atom. The molecule has 0 spiro atoms. The van der Waals surface area contributed by atoms with Gasteiger partial charge in [-0.25, -0.2) is 0 Å². The Hall–Kier alpha value is -1.84. The first kappa shape index (κ1) is 18.2. The normalized spacial score (nSPS) is 16.8. The summed E-state index contributed by atoms with van der Waals surface area (Å²) in [5.41, 5.74) is 2.29. The number of methoxy groups -OCH3 is 2. The summed E-state index contributed by atoms with van der Waals surface area (Å²) < 4.78 is 10.1. The van der Waals surface area contributed by atoms with Crippen LogP contribution in [0.25, 0.3) is 0 Å². The Labute approximate surface area is 132 Å². The lowest BCUT2D eigenvalue weighted by atomic mass is 9.90. The minimum Gasteiger partial charge on any atom is -0.489 e. The van der Waals surface area contributed by atoms with Gasteiger partial charge in [0.2, 0.25) is 23.1 Å². The Bertz CT molecular complexity index is 547. The minimum absolute atomic E-state index is 0.000260. The topological polar surface area (TPSA) is 52.6 Å². The second-order valence-corrected chi connectivity index (χ2v) is 6.02. The van der Waals surface area contributed by atoms with Gasteiger partial charge in [-0.2, -0.15) is 0 Å². The third kappa shape index (κ3) is 4.09. The first-order chi connectivity index (χ1) is 10.3. The lowest BCUT2D eigenvalue weighted by Gasteiger charge is -2.20. The summed E-state index contributed by atoms with van der Waals surface area (Å²) >= 11 is 0. The van der Waals surface area contributed by atoms with Crippen molar-refractivity contribution in [3.63, 3.8) is 0 Å². The van der Waals surface area contributed by atoms with Gasteiger partial charge in [0.1, 0.15) is 0 Å². The third-order valence-corrected chi connectivity index (χ3v) is 3.71. The SMILES string of the molecule is COC1=C(OC)C(=O)C(CC/C=C(\C)CC(C)C)=C(C)C1=O. The van der Waals surface area contributed by atoms with E-state index >= 15 is 0 Å². The average molecular weight is 306 g/mol. The molecular formula is C18H26O4. The van der Waals surface area contributed by atoms with Crippen molar-refractivity contribution in [2.75, 3.05) is 14.2 Å². The zero-order valence-electron chi connectivity index (χ0n) is 14.4. The molecule has 1 aliphatic carbocycles. The first-order valence-electron chi connectivity index (χ1n) is 7.60. The van der Waals surface area contributed by atoms with Gasteiger partial charge in [0.05, 0.1) is 14.2 Å². The molecule has 22 heavy (non-hydrogen) atoms. The summed E-state index contributed by atoms with van der Waals surface area (Å²) in [6.07, 6.45) is 4.46. The molecule has 0 saturated heterocycles. The maximum Gasteiger partial charge on any atom is 0.228 e. The fourth-order valence-electron chi connectivity index (χ4n) is 2.68. The van der Waals surface area contributed by atoms with Crippen molar-refractivity contribution in [3.8, 4) is 0 Å². The summed E-state index contributed by atoms with van der Waals surface area (Å²) in [6, 6.07) is 0. The van der Waals surface area contributed by atoms with Crippen molar-refractivity contribution >= 4 is 11.6 Å². The van der Waals surface area contributed by atoms with Crippen LogP contribution in [0.1, 0.15) is 47.0 Å². The summed E-state index contributed by atoms with van der Waals surface area (Å²) in [4.78, 5) is 24.7. The van der Waals surface area contributed by atoms with Crippen LogP contribution in [-0.4, -0.2) is 25.8 Å². The Balaban J connectivity index is 2.89. The lowest BCUT2D eigenvalue weighted by Crippen LogP contribution is -2.25. The monoisotopic (exact) mass is 306 g/mol. The van der Waals surface area contributed by atoms with Crippen molar-refractivity contribution in [1.82, 2.24) is 0 Å². The molecule has 0 radical (unpaired) electrons. The van der Waals surface area contributed by atoms with Crippen molar-refractivity contribution < 1.29 is 19.1 Å². The molecule has 1 aliphatic rings. The average Bonchev–Trinajstić information content (AvgIpc) is 2.45. The largest absolute Gasteiger partial charge is 0.489 e. The molecule has 0 heterocycles. The maximum absolute atomic E-state index is 12.4. The van der Waals surface area contributed by atoms with E-state index in [1.807, 2.05) is 0 Å². The van der Waals surface area contributed by atoms with Crippen molar-refractivity contribution in [3.05, 3.63) is 34.3 Å². The number of carbonyl (C=O) groups is 2. The van der Waals surface area contributed by atoms with Crippen LogP contribution in [0.5, 0.6) is 0 Å². The molecule has 4 nitrogen and oxygen atoms in total. The van der Waals surface area contributed by atoms with Gasteiger partial charge >= 0.3 is 0 Å². The molecule has 0 N–H and O–H groups in total. The highest BCUT2D eigenvalue weighted by Gasteiger charge is 2.34. The predicted octanol–water partition coefficient (Wildman–Crippen LogP) is 3.73. The van der Waals surface area contributed by atoms with Crippen LogP contribution < -0.4 is 0 Å². The van der Waals surface area contributed by atoms with Gasteiger partial charge in [-0.3, -0.25) is 9.59 Å². The van der Waals surface area contributed by atoms with E-state index in [0.717, 1.165) is 12.8 Å². The van der Waals surface area contributed by atoms with Crippen molar-refractivity contribution in [2.45, 2.75) is 47.0 Å². The summed E-state index contributed by atoms with van der Waals surface area (Å²) in [5.74, 6) is 0.113. The van der Waals surface area contributed by atoms with E-state index in [9.17, 15) is 9.59 Å². The van der Waals surface area contributed by atoms with Crippen LogP contribution in [0, 0.1) is 5.92 Å². The minimum atomic E-state index is -0.267. The Kier molecular flexibility index (Phi) is 6.60. The molecule has 1 rings (SSSR count). The molecule has 4 heteroatoms. The van der Waals surface area contributed by atoms with Crippen LogP contribution in [-0.2, 0) is 19.1 Å². The van der Waals surface area contributed by atoms with E-state index in [-0.39, 0.29) is 23.1 Å². The Morgan fingerprint density at radius 2 is 1.64 bits per heavy atom. The molecule has 0 saturated carbocycles. The van der Waals surface area contributed by atoms with Crippen molar-refractivity contribution in [1.29, 1.82) is 0 Å². The second kappa shape index (κ2) is 7.97. The molecular weight excluding hydrogens is 280 g/mol. The molecule has 0 bridgehead atoms. The van der Waals surface area contributed by atoms with Crippen molar-refractivity contribution in [2.24, 2.45) is 5.92 Å². The number of carbonyl (C=O) groups excluding carboxylic acids is 2. The maximum atomic E-state index is 12.4. The third-order valence-electron chi connectivity index (χ3n) is 3.71. The summed E-state index contributed by atoms with van der Waals surface area (Å²) in [5, 5.41) is 0. The second-order valence-electron chi connectivity index (χ2n) is 6.02. The van der Waals surface area contributed by atoms with E-state index in [4.69, 9.17) is 9.47 Å². The van der Waals surface area contributed by atoms with Crippen LogP contribution in [0.3, 0.4) is 0 Å². The molecule has 0 aromatic rings. The number of ketones is 2. The van der Waals surface area contributed by atoms with Gasteiger partial charge in [0.25, 0.3) is 0 Å². The van der Waals surface area contributed by atoms with Gasteiger partial charge < -0.3 is 9.47 Å². The van der Waals surface area contributed by atoms with Crippen LogP contribution >= 0.6 is 0 Å². The quantitative estimate of drug-likeness (QED) is 0.531. The molecule has 0 unspecified atom stereocenters. The molecule has 0 aromatic carbocycles. The van der Waals surface area contributed by atoms with E-state index in [1.165, 1.54) is 19.8 Å². The Morgan fingerprint density at radius 1 is 1.09 bits per heavy atom. The molecule has 0 atom stereocenters. The van der Waals surface area contributed by atoms with Gasteiger partial charge in [0, 0.05) is 11.1 Å². The number of ether oxygens (including phenoxy) is 2. The first-order valence-corrected chi connectivity index (χ1v) is 7.60. The molecule has 0 aromatic heterocycles.